The molecule has 0 spiro atoms. The van der Waals surface area contributed by atoms with Crippen molar-refractivity contribution in [2.45, 2.75) is 37.6 Å². The topological polar surface area (TPSA) is 90.6 Å². The van der Waals surface area contributed by atoms with E-state index in [9.17, 15) is 0 Å². The van der Waals surface area contributed by atoms with E-state index in [1.54, 1.807) is 12.3 Å². The maximum absolute atomic E-state index is 8.95. The molecule has 2 aromatic rings. The van der Waals surface area contributed by atoms with Crippen molar-refractivity contribution in [3.63, 3.8) is 0 Å². The van der Waals surface area contributed by atoms with Crippen LogP contribution in [-0.2, 0) is 0 Å². The average Bonchev–Trinajstić information content (AvgIpc) is 3.48. The van der Waals surface area contributed by atoms with Crippen LogP contribution in [0.25, 0.3) is 0 Å². The molecule has 2 aliphatic rings. The number of hydrogen-bond donors (Lipinski definition) is 1. The Morgan fingerprint density at radius 2 is 1.83 bits per heavy atom. The summed E-state index contributed by atoms with van der Waals surface area (Å²) in [4.78, 5) is 19.7. The van der Waals surface area contributed by atoms with Crippen LogP contribution < -0.4 is 10.2 Å². The number of rotatable bonds is 4. The largest absolute Gasteiger partial charge is 0.367 e. The standard InChI is InChI=1S/C17H19N7/c18-11-14-3-7-20-17(22-14)24-9-5-13(6-10-24)21-15-4-8-19-16(23-15)12-1-2-12/h3-4,7-8,12-13H,1-2,5-6,9-10H2,(H,19,21,23). The number of nitrogens with zero attached hydrogens (tertiary/aromatic N) is 6. The highest BCUT2D eigenvalue weighted by Gasteiger charge is 2.27. The molecule has 122 valence electrons. The highest BCUT2D eigenvalue weighted by Crippen LogP contribution is 2.38. The van der Waals surface area contributed by atoms with Crippen LogP contribution in [0.15, 0.2) is 24.5 Å². The SMILES string of the molecule is N#Cc1ccnc(N2CCC(Nc3ccnc(C4CC4)n3)CC2)n1. The van der Waals surface area contributed by atoms with E-state index < -0.39 is 0 Å². The monoisotopic (exact) mass is 321 g/mol. The zero-order valence-electron chi connectivity index (χ0n) is 13.4. The van der Waals surface area contributed by atoms with E-state index in [-0.39, 0.29) is 0 Å². The average molecular weight is 321 g/mol. The first-order valence-corrected chi connectivity index (χ1v) is 8.39. The second kappa shape index (κ2) is 6.40. The van der Waals surface area contributed by atoms with Crippen molar-refractivity contribution in [1.82, 2.24) is 19.9 Å². The second-order valence-corrected chi connectivity index (χ2v) is 6.33. The number of nitrogens with one attached hydrogen (secondary N) is 1. The molecule has 1 aliphatic carbocycles. The molecule has 0 atom stereocenters. The van der Waals surface area contributed by atoms with Gasteiger partial charge in [-0.15, -0.1) is 0 Å². The number of anilines is 2. The van der Waals surface area contributed by atoms with Crippen molar-refractivity contribution < 1.29 is 0 Å². The minimum absolute atomic E-state index is 0.391. The van der Waals surface area contributed by atoms with Gasteiger partial charge in [0.1, 0.15) is 23.4 Å². The molecule has 0 aromatic carbocycles. The van der Waals surface area contributed by atoms with Gasteiger partial charge < -0.3 is 10.2 Å². The van der Waals surface area contributed by atoms with Crippen LogP contribution in [0, 0.1) is 11.3 Å². The van der Waals surface area contributed by atoms with Crippen molar-refractivity contribution >= 4 is 11.8 Å². The molecule has 7 nitrogen and oxygen atoms in total. The quantitative estimate of drug-likeness (QED) is 0.922. The summed E-state index contributed by atoms with van der Waals surface area (Å²) >= 11 is 0. The van der Waals surface area contributed by atoms with E-state index in [4.69, 9.17) is 5.26 Å². The summed E-state index contributed by atoms with van der Waals surface area (Å²) in [7, 11) is 0. The van der Waals surface area contributed by atoms with Crippen molar-refractivity contribution in [2.24, 2.45) is 0 Å². The van der Waals surface area contributed by atoms with Crippen LogP contribution in [0.2, 0.25) is 0 Å². The first-order chi connectivity index (χ1) is 11.8. The second-order valence-electron chi connectivity index (χ2n) is 6.33. The van der Waals surface area contributed by atoms with Gasteiger partial charge in [0.2, 0.25) is 5.95 Å². The maximum Gasteiger partial charge on any atom is 0.226 e. The zero-order valence-corrected chi connectivity index (χ0v) is 13.4. The van der Waals surface area contributed by atoms with E-state index in [2.05, 4.69) is 36.2 Å². The maximum atomic E-state index is 8.95. The molecule has 2 aromatic heterocycles. The Morgan fingerprint density at radius 3 is 2.58 bits per heavy atom. The summed E-state index contributed by atoms with van der Waals surface area (Å²) in [5.74, 6) is 3.11. The summed E-state index contributed by atoms with van der Waals surface area (Å²) in [6, 6.07) is 6.03. The Labute approximate surface area is 140 Å². The summed E-state index contributed by atoms with van der Waals surface area (Å²) in [6.45, 7) is 1.74. The van der Waals surface area contributed by atoms with Gasteiger partial charge >= 0.3 is 0 Å². The van der Waals surface area contributed by atoms with Crippen molar-refractivity contribution in [3.8, 4) is 6.07 Å². The number of piperidine rings is 1. The number of aromatic nitrogens is 4. The third-order valence-corrected chi connectivity index (χ3v) is 4.50. The minimum Gasteiger partial charge on any atom is -0.367 e. The number of hydrogen-bond acceptors (Lipinski definition) is 7. The van der Waals surface area contributed by atoms with Crippen molar-refractivity contribution in [2.75, 3.05) is 23.3 Å². The summed E-state index contributed by atoms with van der Waals surface area (Å²) < 4.78 is 0. The van der Waals surface area contributed by atoms with Crippen LogP contribution in [0.3, 0.4) is 0 Å². The predicted octanol–water partition coefficient (Wildman–Crippen LogP) is 2.10. The molecule has 0 unspecified atom stereocenters. The van der Waals surface area contributed by atoms with E-state index in [1.807, 2.05) is 12.3 Å². The summed E-state index contributed by atoms with van der Waals surface area (Å²) in [6.07, 6.45) is 7.89. The van der Waals surface area contributed by atoms with Crippen LogP contribution >= 0.6 is 0 Å². The molecule has 2 fully saturated rings. The van der Waals surface area contributed by atoms with Gasteiger partial charge in [-0.05, 0) is 37.8 Å². The molecule has 1 saturated heterocycles. The molecule has 1 aliphatic heterocycles. The van der Waals surface area contributed by atoms with Crippen molar-refractivity contribution in [1.29, 1.82) is 5.26 Å². The van der Waals surface area contributed by atoms with Gasteiger partial charge in [-0.3, -0.25) is 0 Å². The van der Waals surface area contributed by atoms with Crippen LogP contribution in [-0.4, -0.2) is 39.1 Å². The fourth-order valence-corrected chi connectivity index (χ4v) is 2.99. The Hall–Kier alpha value is -2.75. The summed E-state index contributed by atoms with van der Waals surface area (Å²) in [5, 5.41) is 12.5. The molecule has 0 radical (unpaired) electrons. The zero-order chi connectivity index (χ0) is 16.4. The fourth-order valence-electron chi connectivity index (χ4n) is 2.99. The molecular weight excluding hydrogens is 302 g/mol. The molecule has 7 heteroatoms. The lowest BCUT2D eigenvalue weighted by molar-refractivity contribution is 0.518. The third kappa shape index (κ3) is 3.27. The summed E-state index contributed by atoms with van der Waals surface area (Å²) in [5.41, 5.74) is 0.411. The third-order valence-electron chi connectivity index (χ3n) is 4.50. The van der Waals surface area contributed by atoms with Gasteiger partial charge in [-0.1, -0.05) is 0 Å². The lowest BCUT2D eigenvalue weighted by Gasteiger charge is -2.32. The molecule has 0 bridgehead atoms. The van der Waals surface area contributed by atoms with Crippen LogP contribution in [0.5, 0.6) is 0 Å². The fraction of sp³-hybridized carbons (Fsp3) is 0.471. The molecule has 1 N–H and O–H groups in total. The number of nitriles is 1. The molecule has 0 amide bonds. The van der Waals surface area contributed by atoms with E-state index in [0.717, 1.165) is 37.6 Å². The first kappa shape index (κ1) is 14.8. The molecule has 24 heavy (non-hydrogen) atoms. The Bertz CT molecular complexity index is 758. The molecule has 4 rings (SSSR count). The van der Waals surface area contributed by atoms with E-state index in [1.165, 1.54) is 12.8 Å². The Balaban J connectivity index is 1.36. The first-order valence-electron chi connectivity index (χ1n) is 8.39. The Morgan fingerprint density at radius 1 is 1.04 bits per heavy atom. The Kier molecular flexibility index (Phi) is 3.95. The lowest BCUT2D eigenvalue weighted by Crippen LogP contribution is -2.40. The van der Waals surface area contributed by atoms with Gasteiger partial charge in [0.05, 0.1) is 0 Å². The predicted molar refractivity (Wildman–Crippen MR) is 89.6 cm³/mol. The van der Waals surface area contributed by atoms with Crippen LogP contribution in [0.4, 0.5) is 11.8 Å². The highest BCUT2D eigenvalue weighted by molar-refractivity contribution is 5.38. The van der Waals surface area contributed by atoms with E-state index >= 15 is 0 Å². The molecular formula is C17H19N7. The molecule has 1 saturated carbocycles. The smallest absolute Gasteiger partial charge is 0.226 e. The van der Waals surface area contributed by atoms with Gasteiger partial charge in [-0.25, -0.2) is 19.9 Å². The van der Waals surface area contributed by atoms with Crippen molar-refractivity contribution in [3.05, 3.63) is 36.0 Å². The molecule has 3 heterocycles. The normalized spacial score (nSPS) is 18.2. The highest BCUT2D eigenvalue weighted by atomic mass is 15.3. The van der Waals surface area contributed by atoms with Gasteiger partial charge in [0.25, 0.3) is 0 Å². The van der Waals surface area contributed by atoms with Gasteiger partial charge in [0.15, 0.2) is 0 Å². The lowest BCUT2D eigenvalue weighted by atomic mass is 10.1. The van der Waals surface area contributed by atoms with Gasteiger partial charge in [-0.2, -0.15) is 5.26 Å². The van der Waals surface area contributed by atoms with E-state index in [0.29, 0.717) is 23.6 Å². The minimum atomic E-state index is 0.391. The van der Waals surface area contributed by atoms with Gasteiger partial charge in [0, 0.05) is 37.4 Å². The van der Waals surface area contributed by atoms with Crippen LogP contribution in [0.1, 0.15) is 43.1 Å².